The Kier molecular flexibility index (Phi) is 9.11. The minimum absolute atomic E-state index is 0.382. The van der Waals surface area contributed by atoms with Crippen molar-refractivity contribution in [2.45, 2.75) is 12.3 Å². The summed E-state index contributed by atoms with van der Waals surface area (Å²) >= 11 is 3.73. The number of thiophene rings is 2. The molecule has 0 saturated heterocycles. The van der Waals surface area contributed by atoms with Gasteiger partial charge in [-0.2, -0.15) is 0 Å². The predicted molar refractivity (Wildman–Crippen MR) is 296 cm³/mol. The van der Waals surface area contributed by atoms with Gasteiger partial charge in [-0.05, 0) is 130 Å². The largest absolute Gasteiger partial charge is 0.310 e. The van der Waals surface area contributed by atoms with Gasteiger partial charge in [0, 0.05) is 79.8 Å². The molecule has 0 radical (unpaired) electrons. The summed E-state index contributed by atoms with van der Waals surface area (Å²) in [7, 11) is 0. The summed E-state index contributed by atoms with van der Waals surface area (Å²) in [6.45, 7) is 0. The Morgan fingerprint density at radius 3 is 1.37 bits per heavy atom. The number of hydrogen-bond acceptors (Lipinski definition) is 4. The van der Waals surface area contributed by atoms with Crippen LogP contribution in [0.2, 0.25) is 0 Å². The van der Waals surface area contributed by atoms with Crippen LogP contribution in [0.4, 0.5) is 34.1 Å². The van der Waals surface area contributed by atoms with Crippen molar-refractivity contribution in [2.75, 3.05) is 9.80 Å². The fraction of sp³-hybridized carbons (Fsp3) is 0.0312. The third kappa shape index (κ3) is 6.36. The molecule has 2 aromatic heterocycles. The summed E-state index contributed by atoms with van der Waals surface area (Å²) in [6, 6.07) is 79.4. The molecule has 2 nitrogen and oxygen atoms in total. The molecule has 2 heterocycles. The monoisotopic (exact) mass is 902 g/mol. The molecular weight excluding hydrogens is 861 g/mol. The van der Waals surface area contributed by atoms with Gasteiger partial charge in [0.15, 0.2) is 0 Å². The molecule has 11 aromatic carbocycles. The Balaban J connectivity index is 0.977. The van der Waals surface area contributed by atoms with Crippen molar-refractivity contribution in [2.24, 2.45) is 0 Å². The van der Waals surface area contributed by atoms with E-state index < -0.39 is 0 Å². The van der Waals surface area contributed by atoms with E-state index in [1.54, 1.807) is 0 Å². The van der Waals surface area contributed by atoms with E-state index in [2.05, 4.69) is 246 Å². The highest BCUT2D eigenvalue weighted by atomic mass is 32.1. The topological polar surface area (TPSA) is 6.48 Å². The van der Waals surface area contributed by atoms with Gasteiger partial charge in [-0.1, -0.05) is 152 Å². The number of fused-ring (bicyclic) bond motifs is 6. The van der Waals surface area contributed by atoms with Crippen LogP contribution in [-0.2, 0) is 0 Å². The van der Waals surface area contributed by atoms with Crippen LogP contribution in [0.1, 0.15) is 17.9 Å². The molecule has 1 aliphatic rings. The normalized spacial score (nSPS) is 13.9. The van der Waals surface area contributed by atoms with Gasteiger partial charge < -0.3 is 9.80 Å². The van der Waals surface area contributed by atoms with E-state index in [-0.39, 0.29) is 0 Å². The molecular formula is C64H42N2S2. The lowest BCUT2D eigenvalue weighted by atomic mass is 9.91. The molecule has 1 aliphatic carbocycles. The van der Waals surface area contributed by atoms with Gasteiger partial charge in [-0.25, -0.2) is 0 Å². The van der Waals surface area contributed by atoms with E-state index >= 15 is 0 Å². The minimum Gasteiger partial charge on any atom is -0.310 e. The van der Waals surface area contributed by atoms with Crippen molar-refractivity contribution in [3.05, 3.63) is 242 Å². The average Bonchev–Trinajstić information content (AvgIpc) is 3.98. The van der Waals surface area contributed by atoms with Gasteiger partial charge in [0.2, 0.25) is 0 Å². The molecule has 4 heteroatoms. The van der Waals surface area contributed by atoms with Crippen molar-refractivity contribution >= 4 is 129 Å². The molecule has 0 bridgehead atoms. The molecule has 0 amide bonds. The standard InChI is InChI=1S/C64H42N2S2/c1-3-11-41(12-4-1)43-19-27-47(28-20-43)65(49-31-37-61-55(39-49)51-15-7-9-17-59(51)67-61)57-35-25-45-24-34-54-58(36-26-46-23-33-53(57)63(45)64(46)54)66(48-29-21-44(22-30-48)42-13-5-2-6-14-42)50-32-38-62-56(40-50)52-16-8-10-18-60(52)68-62/h1-13,15-40,42H,14H2. The van der Waals surface area contributed by atoms with E-state index in [0.717, 1.165) is 40.5 Å². The summed E-state index contributed by atoms with van der Waals surface area (Å²) in [5, 5.41) is 12.6. The molecule has 0 fully saturated rings. The molecule has 1 atom stereocenters. The van der Waals surface area contributed by atoms with Crippen LogP contribution in [-0.4, -0.2) is 0 Å². The van der Waals surface area contributed by atoms with E-state index in [4.69, 9.17) is 0 Å². The Morgan fingerprint density at radius 2 is 0.824 bits per heavy atom. The summed E-state index contributed by atoms with van der Waals surface area (Å²) in [6.07, 6.45) is 9.94. The highest BCUT2D eigenvalue weighted by Gasteiger charge is 2.23. The van der Waals surface area contributed by atoms with E-state index in [0.29, 0.717) is 5.92 Å². The number of rotatable bonds is 8. The Hall–Kier alpha value is -8.02. The summed E-state index contributed by atoms with van der Waals surface area (Å²) in [4.78, 5) is 4.96. The van der Waals surface area contributed by atoms with Crippen LogP contribution >= 0.6 is 22.7 Å². The van der Waals surface area contributed by atoms with Gasteiger partial charge in [0.1, 0.15) is 0 Å². The van der Waals surface area contributed by atoms with E-state index in [9.17, 15) is 0 Å². The number of benzene rings is 11. The SMILES string of the molecule is C1=CCC(c2ccc(N(c3ccc4sc5ccccc5c4c3)c3ccc4ccc5c(N(c6ccc(-c7ccccc7)cc6)c6ccc7sc8ccccc8c7c6)ccc6ccc3c4c65)cc2)C=C1. The second kappa shape index (κ2) is 15.8. The van der Waals surface area contributed by atoms with Gasteiger partial charge >= 0.3 is 0 Å². The number of allylic oxidation sites excluding steroid dienone is 4. The molecule has 14 rings (SSSR count). The van der Waals surface area contributed by atoms with Crippen LogP contribution in [0, 0.1) is 0 Å². The van der Waals surface area contributed by atoms with Crippen molar-refractivity contribution in [1.29, 1.82) is 0 Å². The maximum Gasteiger partial charge on any atom is 0.0540 e. The van der Waals surface area contributed by atoms with Gasteiger partial charge in [-0.15, -0.1) is 22.7 Å². The van der Waals surface area contributed by atoms with Gasteiger partial charge in [0.05, 0.1) is 11.4 Å². The van der Waals surface area contributed by atoms with Crippen LogP contribution in [0.15, 0.2) is 237 Å². The first-order valence-electron chi connectivity index (χ1n) is 23.4. The molecule has 0 spiro atoms. The summed E-state index contributed by atoms with van der Waals surface area (Å²) < 4.78 is 5.22. The maximum absolute atomic E-state index is 2.49. The summed E-state index contributed by atoms with van der Waals surface area (Å²) in [5.74, 6) is 0.382. The lowest BCUT2D eigenvalue weighted by Crippen LogP contribution is -2.11. The zero-order valence-corrected chi connectivity index (χ0v) is 38.6. The quantitative estimate of drug-likeness (QED) is 0.140. The molecule has 320 valence electrons. The van der Waals surface area contributed by atoms with E-state index in [1.165, 1.54) is 89.4 Å². The second-order valence-corrected chi connectivity index (χ2v) is 20.1. The molecule has 13 aromatic rings. The summed E-state index contributed by atoms with van der Waals surface area (Å²) in [5.41, 5.74) is 10.6. The minimum atomic E-state index is 0.382. The smallest absolute Gasteiger partial charge is 0.0540 e. The molecule has 0 saturated carbocycles. The van der Waals surface area contributed by atoms with Crippen LogP contribution in [0.3, 0.4) is 0 Å². The average molecular weight is 903 g/mol. The molecule has 0 aliphatic heterocycles. The van der Waals surface area contributed by atoms with Crippen molar-refractivity contribution in [3.63, 3.8) is 0 Å². The molecule has 68 heavy (non-hydrogen) atoms. The van der Waals surface area contributed by atoms with E-state index in [1.807, 2.05) is 22.7 Å². The Bertz CT molecular complexity index is 4120. The van der Waals surface area contributed by atoms with Crippen molar-refractivity contribution in [1.82, 2.24) is 0 Å². The zero-order valence-electron chi connectivity index (χ0n) is 37.0. The zero-order chi connectivity index (χ0) is 44.7. The number of nitrogens with zero attached hydrogens (tertiary/aromatic N) is 2. The van der Waals surface area contributed by atoms with Crippen molar-refractivity contribution < 1.29 is 0 Å². The van der Waals surface area contributed by atoms with Crippen LogP contribution in [0.25, 0.3) is 83.8 Å². The second-order valence-electron chi connectivity index (χ2n) is 18.0. The third-order valence-electron chi connectivity index (χ3n) is 14.1. The third-order valence-corrected chi connectivity index (χ3v) is 16.4. The predicted octanol–water partition coefficient (Wildman–Crippen LogP) is 19.5. The highest BCUT2D eigenvalue weighted by molar-refractivity contribution is 7.26. The maximum atomic E-state index is 2.49. The lowest BCUT2D eigenvalue weighted by molar-refractivity contribution is 0.854. The lowest BCUT2D eigenvalue weighted by Gasteiger charge is -2.30. The number of anilines is 6. The van der Waals surface area contributed by atoms with Crippen molar-refractivity contribution in [3.8, 4) is 11.1 Å². The van der Waals surface area contributed by atoms with Crippen LogP contribution in [0.5, 0.6) is 0 Å². The van der Waals surface area contributed by atoms with Gasteiger partial charge in [-0.3, -0.25) is 0 Å². The Morgan fingerprint density at radius 1 is 0.353 bits per heavy atom. The fourth-order valence-electron chi connectivity index (χ4n) is 10.9. The number of hydrogen-bond donors (Lipinski definition) is 0. The molecule has 0 N–H and O–H groups in total. The molecule has 1 unspecified atom stereocenters. The van der Waals surface area contributed by atoms with Gasteiger partial charge in [0.25, 0.3) is 0 Å². The van der Waals surface area contributed by atoms with Crippen LogP contribution < -0.4 is 9.80 Å². The first-order chi connectivity index (χ1) is 33.7. The first kappa shape index (κ1) is 39.2. The fourth-order valence-corrected chi connectivity index (χ4v) is 13.0. The Labute approximate surface area is 402 Å². The first-order valence-corrected chi connectivity index (χ1v) is 25.1. The highest BCUT2D eigenvalue weighted by Crippen LogP contribution is 2.49.